The third kappa shape index (κ3) is 4.25. The van der Waals surface area contributed by atoms with E-state index in [-0.39, 0.29) is 35.6 Å². The molecule has 0 bridgehead atoms. The van der Waals surface area contributed by atoms with E-state index in [9.17, 15) is 22.8 Å². The number of hydrogen-bond donors (Lipinski definition) is 1. The summed E-state index contributed by atoms with van der Waals surface area (Å²) in [6.45, 7) is 2.39. The SMILES string of the molecule is CCS(=O)(=O)N1CCC(NC(=O)c2ccc3c(c2)C(=O)N(C2CCCCC2)C3=O)CC1. The molecule has 3 amide bonds. The maximum atomic E-state index is 12.9. The van der Waals surface area contributed by atoms with Crippen LogP contribution in [0.2, 0.25) is 0 Å². The Bertz CT molecular complexity index is 992. The first-order valence-corrected chi connectivity index (χ1v) is 12.7. The lowest BCUT2D eigenvalue weighted by Crippen LogP contribution is -2.46. The third-order valence-electron chi connectivity index (χ3n) is 6.67. The Morgan fingerprint density at radius 2 is 1.65 bits per heavy atom. The highest BCUT2D eigenvalue weighted by Gasteiger charge is 2.40. The molecule has 0 aromatic heterocycles. The summed E-state index contributed by atoms with van der Waals surface area (Å²) in [4.78, 5) is 39.9. The van der Waals surface area contributed by atoms with E-state index in [1.54, 1.807) is 19.1 Å². The predicted molar refractivity (Wildman–Crippen MR) is 115 cm³/mol. The second-order valence-electron chi connectivity index (χ2n) is 8.58. The molecule has 1 aromatic carbocycles. The van der Waals surface area contributed by atoms with E-state index in [2.05, 4.69) is 5.32 Å². The van der Waals surface area contributed by atoms with E-state index >= 15 is 0 Å². The van der Waals surface area contributed by atoms with E-state index in [1.165, 1.54) is 15.3 Å². The van der Waals surface area contributed by atoms with Gasteiger partial charge in [-0.2, -0.15) is 0 Å². The summed E-state index contributed by atoms with van der Waals surface area (Å²) in [5.74, 6) is -0.803. The van der Waals surface area contributed by atoms with E-state index in [0.29, 0.717) is 42.6 Å². The fourth-order valence-electron chi connectivity index (χ4n) is 4.80. The molecule has 168 valence electrons. The monoisotopic (exact) mass is 447 g/mol. The Morgan fingerprint density at radius 1 is 1.00 bits per heavy atom. The Balaban J connectivity index is 1.42. The van der Waals surface area contributed by atoms with Crippen molar-refractivity contribution in [1.29, 1.82) is 0 Å². The molecule has 0 spiro atoms. The highest BCUT2D eigenvalue weighted by Crippen LogP contribution is 2.31. The molecule has 0 radical (unpaired) electrons. The van der Waals surface area contributed by atoms with Crippen LogP contribution in [0.15, 0.2) is 18.2 Å². The minimum absolute atomic E-state index is 0.0528. The smallest absolute Gasteiger partial charge is 0.261 e. The van der Waals surface area contributed by atoms with Gasteiger partial charge in [0.1, 0.15) is 0 Å². The fraction of sp³-hybridized carbons (Fsp3) is 0.591. The molecule has 31 heavy (non-hydrogen) atoms. The number of nitrogens with zero attached hydrogens (tertiary/aromatic N) is 2. The summed E-state index contributed by atoms with van der Waals surface area (Å²) >= 11 is 0. The van der Waals surface area contributed by atoms with Gasteiger partial charge in [-0.3, -0.25) is 19.3 Å². The van der Waals surface area contributed by atoms with Crippen LogP contribution in [0, 0.1) is 0 Å². The lowest BCUT2D eigenvalue weighted by atomic mass is 9.94. The summed E-state index contributed by atoms with van der Waals surface area (Å²) in [5, 5.41) is 2.95. The maximum Gasteiger partial charge on any atom is 0.261 e. The Hall–Kier alpha value is -2.26. The molecule has 1 N–H and O–H groups in total. The normalized spacial score (nSPS) is 21.4. The van der Waals surface area contributed by atoms with E-state index in [0.717, 1.165) is 32.1 Å². The van der Waals surface area contributed by atoms with Gasteiger partial charge in [-0.1, -0.05) is 19.3 Å². The summed E-state index contributed by atoms with van der Waals surface area (Å²) in [6, 6.07) is 4.50. The number of carbonyl (C=O) groups excluding carboxylic acids is 3. The number of piperidine rings is 1. The Kier molecular flexibility index (Phi) is 6.16. The van der Waals surface area contributed by atoms with Crippen LogP contribution in [0.3, 0.4) is 0 Å². The number of fused-ring (bicyclic) bond motifs is 1. The zero-order valence-corrected chi connectivity index (χ0v) is 18.6. The van der Waals surface area contributed by atoms with Crippen LogP contribution in [0.1, 0.15) is 82.9 Å². The van der Waals surface area contributed by atoms with Crippen molar-refractivity contribution in [3.05, 3.63) is 34.9 Å². The predicted octanol–water partition coefficient (Wildman–Crippen LogP) is 2.16. The van der Waals surface area contributed by atoms with Crippen molar-refractivity contribution in [2.24, 2.45) is 0 Å². The van der Waals surface area contributed by atoms with E-state index in [4.69, 9.17) is 0 Å². The number of nitrogens with one attached hydrogen (secondary N) is 1. The molecular weight excluding hydrogens is 418 g/mol. The molecule has 2 fully saturated rings. The van der Waals surface area contributed by atoms with Crippen LogP contribution < -0.4 is 5.32 Å². The number of carbonyl (C=O) groups is 3. The van der Waals surface area contributed by atoms with Gasteiger partial charge >= 0.3 is 0 Å². The molecule has 1 saturated carbocycles. The standard InChI is InChI=1S/C22H29N3O5S/c1-2-31(29,30)24-12-10-16(11-13-24)23-20(26)15-8-9-18-19(14-15)22(28)25(21(18)27)17-6-4-3-5-7-17/h8-9,14,16-17H,2-7,10-13H2,1H3,(H,23,26). The topological polar surface area (TPSA) is 104 Å². The molecule has 1 saturated heterocycles. The number of imide groups is 1. The minimum Gasteiger partial charge on any atom is -0.349 e. The van der Waals surface area contributed by atoms with Crippen molar-refractivity contribution in [1.82, 2.24) is 14.5 Å². The molecule has 1 aliphatic carbocycles. The first kappa shape index (κ1) is 22.0. The molecule has 3 aliphatic rings. The zero-order valence-electron chi connectivity index (χ0n) is 17.8. The highest BCUT2D eigenvalue weighted by atomic mass is 32.2. The number of benzene rings is 1. The Morgan fingerprint density at radius 3 is 2.29 bits per heavy atom. The lowest BCUT2D eigenvalue weighted by Gasteiger charge is -2.31. The van der Waals surface area contributed by atoms with Crippen LogP contribution in [0.5, 0.6) is 0 Å². The maximum absolute atomic E-state index is 12.9. The van der Waals surface area contributed by atoms with Crippen molar-refractivity contribution in [3.63, 3.8) is 0 Å². The highest BCUT2D eigenvalue weighted by molar-refractivity contribution is 7.89. The molecule has 4 rings (SSSR count). The van der Waals surface area contributed by atoms with Crippen LogP contribution in [0.25, 0.3) is 0 Å². The first-order chi connectivity index (χ1) is 14.8. The first-order valence-electron chi connectivity index (χ1n) is 11.1. The van der Waals surface area contributed by atoms with Crippen molar-refractivity contribution < 1.29 is 22.8 Å². The van der Waals surface area contributed by atoms with Gasteiger partial charge in [0, 0.05) is 30.7 Å². The van der Waals surface area contributed by atoms with Gasteiger partial charge in [0.2, 0.25) is 10.0 Å². The second-order valence-corrected chi connectivity index (χ2v) is 10.8. The van der Waals surface area contributed by atoms with Crippen molar-refractivity contribution in [3.8, 4) is 0 Å². The number of rotatable bonds is 5. The number of hydrogen-bond acceptors (Lipinski definition) is 5. The van der Waals surface area contributed by atoms with Gasteiger partial charge in [-0.15, -0.1) is 0 Å². The van der Waals surface area contributed by atoms with Gasteiger partial charge in [0.15, 0.2) is 0 Å². The summed E-state index contributed by atoms with van der Waals surface area (Å²) in [7, 11) is -3.21. The van der Waals surface area contributed by atoms with Gasteiger partial charge in [-0.25, -0.2) is 12.7 Å². The fourth-order valence-corrected chi connectivity index (χ4v) is 5.93. The lowest BCUT2D eigenvalue weighted by molar-refractivity contribution is 0.0548. The number of sulfonamides is 1. The summed E-state index contributed by atoms with van der Waals surface area (Å²) in [6.07, 6.45) is 5.93. The van der Waals surface area contributed by atoms with Crippen LogP contribution in [-0.4, -0.2) is 66.3 Å². The van der Waals surface area contributed by atoms with Gasteiger partial charge in [0.25, 0.3) is 17.7 Å². The average molecular weight is 448 g/mol. The summed E-state index contributed by atoms with van der Waals surface area (Å²) in [5.41, 5.74) is 1.01. The van der Waals surface area contributed by atoms with Crippen LogP contribution in [-0.2, 0) is 10.0 Å². The quantitative estimate of drug-likeness (QED) is 0.697. The van der Waals surface area contributed by atoms with Crippen LogP contribution >= 0.6 is 0 Å². The van der Waals surface area contributed by atoms with Gasteiger partial charge in [0.05, 0.1) is 16.9 Å². The molecular formula is C22H29N3O5S. The van der Waals surface area contributed by atoms with Crippen molar-refractivity contribution >= 4 is 27.7 Å². The Labute approximate surface area is 183 Å². The average Bonchev–Trinajstić information content (AvgIpc) is 3.04. The largest absolute Gasteiger partial charge is 0.349 e. The zero-order chi connectivity index (χ0) is 22.2. The third-order valence-corrected chi connectivity index (χ3v) is 8.55. The molecule has 1 aromatic rings. The molecule has 2 heterocycles. The van der Waals surface area contributed by atoms with E-state index < -0.39 is 10.0 Å². The molecule has 0 unspecified atom stereocenters. The minimum atomic E-state index is -3.21. The summed E-state index contributed by atoms with van der Waals surface area (Å²) < 4.78 is 25.4. The van der Waals surface area contributed by atoms with Gasteiger partial charge in [-0.05, 0) is 50.8 Å². The molecule has 2 aliphatic heterocycles. The van der Waals surface area contributed by atoms with Crippen LogP contribution in [0.4, 0.5) is 0 Å². The van der Waals surface area contributed by atoms with Gasteiger partial charge < -0.3 is 5.32 Å². The molecule has 9 heteroatoms. The van der Waals surface area contributed by atoms with Crippen molar-refractivity contribution in [2.45, 2.75) is 64.0 Å². The van der Waals surface area contributed by atoms with Crippen molar-refractivity contribution in [2.75, 3.05) is 18.8 Å². The number of amides is 3. The second kappa shape index (κ2) is 8.70. The molecule has 8 nitrogen and oxygen atoms in total. The van der Waals surface area contributed by atoms with E-state index in [1.807, 2.05) is 0 Å². The molecule has 0 atom stereocenters.